The number of hydrogen-bond donors (Lipinski definition) is 1. The Kier molecular flexibility index (Phi) is 4.47. The molecule has 0 aliphatic heterocycles. The van der Waals surface area contributed by atoms with Crippen LogP contribution in [0.3, 0.4) is 0 Å². The molecule has 1 aromatic carbocycles. The van der Waals surface area contributed by atoms with Gasteiger partial charge in [0.15, 0.2) is 0 Å². The molecule has 0 aliphatic rings. The summed E-state index contributed by atoms with van der Waals surface area (Å²) < 4.78 is 12.2. The molecule has 0 fully saturated rings. The maximum Gasteiger partial charge on any atom is 0.0574 e. The SMILES string of the molecule is NCc1cc(CS(=O)c2cccc(Cl)c2)ccn1. The van der Waals surface area contributed by atoms with E-state index in [1.165, 1.54) is 0 Å². The summed E-state index contributed by atoms with van der Waals surface area (Å²) in [6.45, 7) is 0.387. The summed E-state index contributed by atoms with van der Waals surface area (Å²) in [7, 11) is -1.11. The molecule has 3 nitrogen and oxygen atoms in total. The van der Waals surface area contributed by atoms with Crippen molar-refractivity contribution in [3.05, 3.63) is 58.9 Å². The maximum absolute atomic E-state index is 12.2. The van der Waals surface area contributed by atoms with Crippen LogP contribution in [0.25, 0.3) is 0 Å². The highest BCUT2D eigenvalue weighted by Gasteiger charge is 2.06. The molecule has 0 saturated heterocycles. The van der Waals surface area contributed by atoms with Crippen molar-refractivity contribution >= 4 is 22.4 Å². The Morgan fingerprint density at radius 3 is 2.83 bits per heavy atom. The molecule has 1 unspecified atom stereocenters. The van der Waals surface area contributed by atoms with Crippen molar-refractivity contribution in [2.24, 2.45) is 5.73 Å². The third kappa shape index (κ3) is 3.38. The van der Waals surface area contributed by atoms with Crippen molar-refractivity contribution in [2.75, 3.05) is 0 Å². The van der Waals surface area contributed by atoms with E-state index in [2.05, 4.69) is 4.98 Å². The van der Waals surface area contributed by atoms with E-state index in [0.717, 1.165) is 16.2 Å². The van der Waals surface area contributed by atoms with Gasteiger partial charge in [0, 0.05) is 22.7 Å². The van der Waals surface area contributed by atoms with Gasteiger partial charge in [0.05, 0.1) is 22.2 Å². The molecule has 5 heteroatoms. The third-order valence-corrected chi connectivity index (χ3v) is 4.06. The summed E-state index contributed by atoms with van der Waals surface area (Å²) in [4.78, 5) is 4.84. The van der Waals surface area contributed by atoms with Gasteiger partial charge in [0.1, 0.15) is 0 Å². The predicted octanol–water partition coefficient (Wildman–Crippen LogP) is 2.50. The molecule has 1 atom stereocenters. The zero-order chi connectivity index (χ0) is 13.0. The molecular weight excluding hydrogens is 268 g/mol. The van der Waals surface area contributed by atoms with Crippen LogP contribution in [0, 0.1) is 0 Å². The maximum atomic E-state index is 12.2. The van der Waals surface area contributed by atoms with Gasteiger partial charge in [-0.15, -0.1) is 0 Å². The standard InChI is InChI=1S/C13H13ClN2OS/c14-11-2-1-3-13(7-11)18(17)9-10-4-5-16-12(6-10)8-15/h1-7H,8-9,15H2. The van der Waals surface area contributed by atoms with Crippen molar-refractivity contribution in [2.45, 2.75) is 17.2 Å². The summed E-state index contributed by atoms with van der Waals surface area (Å²) in [6, 6.07) is 10.8. The van der Waals surface area contributed by atoms with Crippen LogP contribution < -0.4 is 5.73 Å². The Labute approximate surface area is 113 Å². The highest BCUT2D eigenvalue weighted by molar-refractivity contribution is 7.84. The van der Waals surface area contributed by atoms with Crippen molar-refractivity contribution in [3.8, 4) is 0 Å². The Balaban J connectivity index is 2.16. The van der Waals surface area contributed by atoms with Crippen molar-refractivity contribution in [1.29, 1.82) is 0 Å². The summed E-state index contributed by atoms with van der Waals surface area (Å²) in [5.41, 5.74) is 7.29. The Hall–Kier alpha value is -1.23. The lowest BCUT2D eigenvalue weighted by atomic mass is 10.2. The first-order valence-corrected chi connectivity index (χ1v) is 7.16. The summed E-state index contributed by atoms with van der Waals surface area (Å²) in [5.74, 6) is 0.440. The van der Waals surface area contributed by atoms with Crippen molar-refractivity contribution in [3.63, 3.8) is 0 Å². The van der Waals surface area contributed by atoms with E-state index in [1.54, 1.807) is 24.4 Å². The van der Waals surface area contributed by atoms with Gasteiger partial charge in [0.2, 0.25) is 0 Å². The van der Waals surface area contributed by atoms with Crippen LogP contribution in [0.2, 0.25) is 5.02 Å². The minimum Gasteiger partial charge on any atom is -0.325 e. The zero-order valence-corrected chi connectivity index (χ0v) is 11.2. The first-order chi connectivity index (χ1) is 8.69. The van der Waals surface area contributed by atoms with Gasteiger partial charge in [-0.25, -0.2) is 0 Å². The molecular formula is C13H13ClN2OS. The van der Waals surface area contributed by atoms with E-state index in [4.69, 9.17) is 17.3 Å². The van der Waals surface area contributed by atoms with Gasteiger partial charge in [-0.05, 0) is 35.9 Å². The summed E-state index contributed by atoms with van der Waals surface area (Å²) >= 11 is 5.88. The van der Waals surface area contributed by atoms with Crippen LogP contribution in [0.1, 0.15) is 11.3 Å². The number of halogens is 1. The normalized spacial score (nSPS) is 12.3. The van der Waals surface area contributed by atoms with E-state index in [9.17, 15) is 4.21 Å². The average Bonchev–Trinajstić information content (AvgIpc) is 2.39. The number of aromatic nitrogens is 1. The van der Waals surface area contributed by atoms with Gasteiger partial charge in [-0.2, -0.15) is 0 Å². The number of rotatable bonds is 4. The fraction of sp³-hybridized carbons (Fsp3) is 0.154. The average molecular weight is 281 g/mol. The fourth-order valence-corrected chi connectivity index (χ4v) is 2.97. The molecule has 0 radical (unpaired) electrons. The minimum absolute atomic E-state index is 0.387. The summed E-state index contributed by atoms with van der Waals surface area (Å²) in [6.07, 6.45) is 1.69. The lowest BCUT2D eigenvalue weighted by Crippen LogP contribution is -2.02. The smallest absolute Gasteiger partial charge is 0.0574 e. The Bertz CT molecular complexity index is 574. The van der Waals surface area contributed by atoms with Gasteiger partial charge in [-0.1, -0.05) is 17.7 Å². The second kappa shape index (κ2) is 6.09. The van der Waals surface area contributed by atoms with Gasteiger partial charge in [-0.3, -0.25) is 9.19 Å². The van der Waals surface area contributed by atoms with Crippen molar-refractivity contribution in [1.82, 2.24) is 4.98 Å². The molecule has 18 heavy (non-hydrogen) atoms. The van der Waals surface area contributed by atoms with E-state index < -0.39 is 10.8 Å². The summed E-state index contributed by atoms with van der Waals surface area (Å²) in [5, 5.41) is 0.596. The lowest BCUT2D eigenvalue weighted by Gasteiger charge is -2.04. The highest BCUT2D eigenvalue weighted by Crippen LogP contribution is 2.17. The number of pyridine rings is 1. The molecule has 0 bridgehead atoms. The van der Waals surface area contributed by atoms with E-state index in [1.807, 2.05) is 18.2 Å². The van der Waals surface area contributed by atoms with Crippen molar-refractivity contribution < 1.29 is 4.21 Å². The van der Waals surface area contributed by atoms with E-state index in [-0.39, 0.29) is 0 Å². The highest BCUT2D eigenvalue weighted by atomic mass is 35.5. The number of hydrogen-bond acceptors (Lipinski definition) is 3. The van der Waals surface area contributed by atoms with Gasteiger partial charge in [0.25, 0.3) is 0 Å². The lowest BCUT2D eigenvalue weighted by molar-refractivity contribution is 0.682. The zero-order valence-electron chi connectivity index (χ0n) is 9.67. The molecule has 94 valence electrons. The largest absolute Gasteiger partial charge is 0.325 e. The first-order valence-electron chi connectivity index (χ1n) is 5.47. The topological polar surface area (TPSA) is 56.0 Å². The molecule has 0 saturated carbocycles. The molecule has 1 aromatic heterocycles. The second-order valence-electron chi connectivity index (χ2n) is 3.81. The Morgan fingerprint density at radius 2 is 2.11 bits per heavy atom. The molecule has 0 aliphatic carbocycles. The van der Waals surface area contributed by atoms with E-state index in [0.29, 0.717) is 17.3 Å². The van der Waals surface area contributed by atoms with Gasteiger partial charge >= 0.3 is 0 Å². The minimum atomic E-state index is -1.11. The van der Waals surface area contributed by atoms with E-state index >= 15 is 0 Å². The first kappa shape index (κ1) is 13.2. The number of nitrogens with two attached hydrogens (primary N) is 1. The van der Waals surface area contributed by atoms with Gasteiger partial charge < -0.3 is 5.73 Å². The molecule has 1 heterocycles. The predicted molar refractivity (Wildman–Crippen MR) is 73.7 cm³/mol. The second-order valence-corrected chi connectivity index (χ2v) is 5.69. The fourth-order valence-electron chi connectivity index (χ4n) is 1.57. The van der Waals surface area contributed by atoms with Crippen LogP contribution in [-0.4, -0.2) is 9.19 Å². The Morgan fingerprint density at radius 1 is 1.28 bits per heavy atom. The quantitative estimate of drug-likeness (QED) is 0.936. The molecule has 2 N–H and O–H groups in total. The van der Waals surface area contributed by atoms with Crippen LogP contribution in [0.4, 0.5) is 0 Å². The monoisotopic (exact) mass is 280 g/mol. The molecule has 2 rings (SSSR count). The molecule has 2 aromatic rings. The van der Waals surface area contributed by atoms with Crippen LogP contribution in [0.5, 0.6) is 0 Å². The van der Waals surface area contributed by atoms with Crippen LogP contribution in [-0.2, 0) is 23.1 Å². The number of nitrogens with zero attached hydrogens (tertiary/aromatic N) is 1. The van der Waals surface area contributed by atoms with Crippen LogP contribution in [0.15, 0.2) is 47.5 Å². The molecule has 0 spiro atoms. The third-order valence-electron chi connectivity index (χ3n) is 2.45. The van der Waals surface area contributed by atoms with Crippen LogP contribution >= 0.6 is 11.6 Å². The number of benzene rings is 1. The molecule has 0 amide bonds.